The van der Waals surface area contributed by atoms with Gasteiger partial charge in [0, 0.05) is 33.7 Å². The van der Waals surface area contributed by atoms with Crippen LogP contribution in [-0.4, -0.2) is 67.6 Å². The maximum absolute atomic E-state index is 12.6. The number of amides is 1. The van der Waals surface area contributed by atoms with Crippen LogP contribution in [0, 0.1) is 11.3 Å². The van der Waals surface area contributed by atoms with E-state index in [1.165, 1.54) is 0 Å². The maximum atomic E-state index is 12.6. The average molecular weight is 360 g/mol. The van der Waals surface area contributed by atoms with Crippen LogP contribution in [0.5, 0.6) is 0 Å². The summed E-state index contributed by atoms with van der Waals surface area (Å²) >= 11 is 0. The normalized spacial score (nSPS) is 12.8. The molecule has 1 unspecified atom stereocenters. The Balaban J connectivity index is 4.53. The SMILES string of the molecule is CCC(CC(C)(C)C(=O)OCCOC)C(=O)N(C)CCC[Si]OC. The van der Waals surface area contributed by atoms with E-state index in [0.717, 1.165) is 12.5 Å². The fourth-order valence-electron chi connectivity index (χ4n) is 2.43. The van der Waals surface area contributed by atoms with Crippen molar-refractivity contribution in [3.63, 3.8) is 0 Å². The van der Waals surface area contributed by atoms with Gasteiger partial charge >= 0.3 is 5.97 Å². The van der Waals surface area contributed by atoms with Crippen molar-refractivity contribution in [3.05, 3.63) is 0 Å². The number of carbonyl (C=O) groups excluding carboxylic acids is 2. The van der Waals surface area contributed by atoms with Gasteiger partial charge in [-0.05, 0) is 39.2 Å². The number of carbonyl (C=O) groups is 2. The molecule has 2 radical (unpaired) electrons. The van der Waals surface area contributed by atoms with Gasteiger partial charge in [0.1, 0.15) is 6.61 Å². The van der Waals surface area contributed by atoms with Crippen molar-refractivity contribution in [2.24, 2.45) is 11.3 Å². The van der Waals surface area contributed by atoms with Crippen LogP contribution in [0.1, 0.15) is 40.0 Å². The van der Waals surface area contributed by atoms with Crippen LogP contribution in [0.2, 0.25) is 6.04 Å². The smallest absolute Gasteiger partial charge is 0.311 e. The number of ether oxygens (including phenoxy) is 2. The van der Waals surface area contributed by atoms with Crippen LogP contribution >= 0.6 is 0 Å². The molecule has 1 atom stereocenters. The summed E-state index contributed by atoms with van der Waals surface area (Å²) in [4.78, 5) is 26.6. The zero-order chi connectivity index (χ0) is 18.6. The van der Waals surface area contributed by atoms with E-state index >= 15 is 0 Å². The first-order valence-corrected chi connectivity index (χ1v) is 9.58. The van der Waals surface area contributed by atoms with E-state index < -0.39 is 5.41 Å². The van der Waals surface area contributed by atoms with Crippen LogP contribution in [-0.2, 0) is 23.5 Å². The standard InChI is InChI=1S/C17H33NO5Si/c1-7-14(15(19)18(4)9-8-12-24-22-6)13-17(2,3)16(20)23-11-10-21-5/h14H,7-13H2,1-6H3. The molecule has 0 spiro atoms. The van der Waals surface area contributed by atoms with Crippen molar-refractivity contribution in [3.8, 4) is 0 Å². The van der Waals surface area contributed by atoms with Crippen molar-refractivity contribution in [2.75, 3.05) is 41.0 Å². The number of esters is 1. The Kier molecular flexibility index (Phi) is 12.0. The summed E-state index contributed by atoms with van der Waals surface area (Å²) in [5.41, 5.74) is -0.692. The molecule has 0 aliphatic carbocycles. The zero-order valence-corrected chi connectivity index (χ0v) is 17.0. The molecule has 0 aromatic heterocycles. The number of nitrogens with zero attached hydrogens (tertiary/aromatic N) is 1. The number of hydrogen-bond acceptors (Lipinski definition) is 5. The van der Waals surface area contributed by atoms with Gasteiger partial charge in [0.25, 0.3) is 0 Å². The third kappa shape index (κ3) is 8.80. The Bertz CT molecular complexity index is 376. The summed E-state index contributed by atoms with van der Waals surface area (Å²) in [6.45, 7) is 6.97. The number of methoxy groups -OCH3 is 1. The summed E-state index contributed by atoms with van der Waals surface area (Å²) in [6, 6.07) is 0.961. The van der Waals surface area contributed by atoms with Crippen LogP contribution in [0.25, 0.3) is 0 Å². The summed E-state index contributed by atoms with van der Waals surface area (Å²) in [6.07, 6.45) is 2.11. The van der Waals surface area contributed by atoms with Gasteiger partial charge < -0.3 is 18.8 Å². The van der Waals surface area contributed by atoms with Crippen molar-refractivity contribution < 1.29 is 23.5 Å². The monoisotopic (exact) mass is 359 g/mol. The lowest BCUT2D eigenvalue weighted by Crippen LogP contribution is -2.38. The molecule has 0 heterocycles. The molecule has 0 fully saturated rings. The molecular formula is C17H33NO5Si. The molecule has 6 nitrogen and oxygen atoms in total. The minimum Gasteiger partial charge on any atom is -0.463 e. The van der Waals surface area contributed by atoms with Gasteiger partial charge in [-0.1, -0.05) is 6.92 Å². The van der Waals surface area contributed by atoms with Crippen molar-refractivity contribution in [1.82, 2.24) is 4.90 Å². The molecule has 0 N–H and O–H groups in total. The third-order valence-corrected chi connectivity index (χ3v) is 4.81. The lowest BCUT2D eigenvalue weighted by atomic mass is 9.81. The summed E-state index contributed by atoms with van der Waals surface area (Å²) in [5, 5.41) is 0. The van der Waals surface area contributed by atoms with Gasteiger partial charge in [0.05, 0.1) is 12.0 Å². The second-order valence-corrected chi connectivity index (χ2v) is 7.73. The second-order valence-electron chi connectivity index (χ2n) is 6.53. The predicted molar refractivity (Wildman–Crippen MR) is 94.8 cm³/mol. The number of hydrogen-bond donors (Lipinski definition) is 0. The first-order chi connectivity index (χ1) is 11.3. The molecular weight excluding hydrogens is 326 g/mol. The molecule has 0 aromatic rings. The Hall–Kier alpha value is -0.923. The van der Waals surface area contributed by atoms with E-state index in [1.54, 1.807) is 19.1 Å². The molecule has 0 rings (SSSR count). The highest BCUT2D eigenvalue weighted by Gasteiger charge is 2.35. The van der Waals surface area contributed by atoms with E-state index in [-0.39, 0.29) is 24.4 Å². The molecule has 0 aliphatic rings. The van der Waals surface area contributed by atoms with Gasteiger partial charge in [-0.15, -0.1) is 0 Å². The van der Waals surface area contributed by atoms with E-state index in [0.29, 0.717) is 35.8 Å². The van der Waals surface area contributed by atoms with Gasteiger partial charge in [0.2, 0.25) is 15.7 Å². The number of rotatable bonds is 13. The summed E-state index contributed by atoms with van der Waals surface area (Å²) < 4.78 is 15.2. The van der Waals surface area contributed by atoms with Crippen molar-refractivity contribution in [2.45, 2.75) is 46.1 Å². The molecule has 7 heteroatoms. The highest BCUT2D eigenvalue weighted by molar-refractivity contribution is 6.26. The van der Waals surface area contributed by atoms with Gasteiger partial charge in [-0.2, -0.15) is 0 Å². The topological polar surface area (TPSA) is 65.1 Å². The first kappa shape index (κ1) is 23.1. The van der Waals surface area contributed by atoms with Gasteiger partial charge in [0.15, 0.2) is 0 Å². The zero-order valence-electron chi connectivity index (χ0n) is 16.0. The maximum Gasteiger partial charge on any atom is 0.311 e. The average Bonchev–Trinajstić information content (AvgIpc) is 2.55. The molecule has 0 bridgehead atoms. The molecule has 1 amide bonds. The lowest BCUT2D eigenvalue weighted by molar-refractivity contribution is -0.157. The molecule has 0 aliphatic heterocycles. The van der Waals surface area contributed by atoms with Gasteiger partial charge in [-0.25, -0.2) is 0 Å². The summed E-state index contributed by atoms with van der Waals surface area (Å²) in [5.74, 6) is -0.365. The molecule has 24 heavy (non-hydrogen) atoms. The largest absolute Gasteiger partial charge is 0.463 e. The molecule has 0 saturated heterocycles. The van der Waals surface area contributed by atoms with E-state index in [4.69, 9.17) is 13.9 Å². The fourth-order valence-corrected chi connectivity index (χ4v) is 2.94. The van der Waals surface area contributed by atoms with E-state index in [2.05, 4.69) is 0 Å². The Morgan fingerprint density at radius 2 is 1.88 bits per heavy atom. The third-order valence-electron chi connectivity index (χ3n) is 3.96. The predicted octanol–water partition coefficient (Wildman–Crippen LogP) is 2.15. The minimum atomic E-state index is -0.692. The Labute approximate surface area is 149 Å². The minimum absolute atomic E-state index is 0.0935. The Morgan fingerprint density at radius 1 is 1.21 bits per heavy atom. The highest BCUT2D eigenvalue weighted by atomic mass is 28.2. The van der Waals surface area contributed by atoms with Crippen molar-refractivity contribution >= 4 is 21.6 Å². The molecule has 0 saturated carbocycles. The van der Waals surface area contributed by atoms with Gasteiger partial charge in [-0.3, -0.25) is 9.59 Å². The highest BCUT2D eigenvalue weighted by Crippen LogP contribution is 2.29. The van der Waals surface area contributed by atoms with Crippen LogP contribution in [0.3, 0.4) is 0 Å². The Morgan fingerprint density at radius 3 is 2.42 bits per heavy atom. The summed E-state index contributed by atoms with van der Waals surface area (Å²) in [7, 11) is 5.56. The molecule has 0 aromatic carbocycles. The molecule has 140 valence electrons. The van der Waals surface area contributed by atoms with Crippen LogP contribution in [0.15, 0.2) is 0 Å². The lowest BCUT2D eigenvalue weighted by Gasteiger charge is -2.29. The first-order valence-electron chi connectivity index (χ1n) is 8.47. The van der Waals surface area contributed by atoms with E-state index in [1.807, 2.05) is 27.8 Å². The fraction of sp³-hybridized carbons (Fsp3) is 0.882. The quantitative estimate of drug-likeness (QED) is 0.286. The van der Waals surface area contributed by atoms with Crippen LogP contribution in [0.4, 0.5) is 0 Å². The van der Waals surface area contributed by atoms with E-state index in [9.17, 15) is 9.59 Å². The van der Waals surface area contributed by atoms with Crippen molar-refractivity contribution in [1.29, 1.82) is 0 Å². The second kappa shape index (κ2) is 12.4. The van der Waals surface area contributed by atoms with Crippen LogP contribution < -0.4 is 0 Å².